The van der Waals surface area contributed by atoms with Crippen LogP contribution < -0.4 is 0 Å². The Morgan fingerprint density at radius 1 is 1.50 bits per heavy atom. The van der Waals surface area contributed by atoms with E-state index in [1.54, 1.807) is 0 Å². The van der Waals surface area contributed by atoms with Crippen molar-refractivity contribution in [3.05, 3.63) is 0 Å². The first-order valence-electron chi connectivity index (χ1n) is 3.94. The molecule has 0 bridgehead atoms. The van der Waals surface area contributed by atoms with Gasteiger partial charge in [-0.3, -0.25) is 5.41 Å². The van der Waals surface area contributed by atoms with E-state index in [0.29, 0.717) is 6.04 Å². The molecule has 1 fully saturated rings. The Labute approximate surface area is 62.7 Å². The first-order valence-corrected chi connectivity index (χ1v) is 3.94. The first kappa shape index (κ1) is 7.58. The van der Waals surface area contributed by atoms with E-state index < -0.39 is 0 Å². The van der Waals surface area contributed by atoms with Crippen LogP contribution in [0.2, 0.25) is 0 Å². The summed E-state index contributed by atoms with van der Waals surface area (Å²) in [6.45, 7) is 7.41. The predicted octanol–water partition coefficient (Wildman–Crippen LogP) is 1.71. The highest BCUT2D eigenvalue weighted by molar-refractivity contribution is 5.76. The summed E-state index contributed by atoms with van der Waals surface area (Å²) in [6, 6.07) is 0.581. The lowest BCUT2D eigenvalue weighted by Crippen LogP contribution is -2.32. The third kappa shape index (κ3) is 1.15. The molecule has 2 nitrogen and oxygen atoms in total. The third-order valence-electron chi connectivity index (χ3n) is 2.57. The number of amidine groups is 1. The average Bonchev–Trinajstić information content (AvgIpc) is 2.14. The average molecular weight is 140 g/mol. The summed E-state index contributed by atoms with van der Waals surface area (Å²) in [7, 11) is 0. The smallest absolute Gasteiger partial charge is 0.0928 e. The maximum Gasteiger partial charge on any atom is 0.0928 e. The molecule has 2 unspecified atom stereocenters. The molecule has 0 amide bonds. The lowest BCUT2D eigenvalue weighted by Gasteiger charge is -2.23. The van der Waals surface area contributed by atoms with E-state index in [-0.39, 0.29) is 0 Å². The van der Waals surface area contributed by atoms with E-state index in [1.807, 2.05) is 6.92 Å². The highest BCUT2D eigenvalue weighted by atomic mass is 15.2. The van der Waals surface area contributed by atoms with Crippen molar-refractivity contribution in [2.45, 2.75) is 33.2 Å². The van der Waals surface area contributed by atoms with Gasteiger partial charge in [0.1, 0.15) is 0 Å². The second-order valence-electron chi connectivity index (χ2n) is 3.29. The molecule has 1 heterocycles. The number of likely N-dealkylation sites (tertiary alicyclic amines) is 1. The summed E-state index contributed by atoms with van der Waals surface area (Å²) in [6.07, 6.45) is 1.25. The molecule has 1 aliphatic rings. The standard InChI is InChI=1S/C8H16N2/c1-6-4-5-10(7(6)2)8(3)9/h6-7,9H,4-5H2,1-3H3. The van der Waals surface area contributed by atoms with Crippen LogP contribution in [0.15, 0.2) is 0 Å². The SMILES string of the molecule is CC(=N)N1CCC(C)C1C. The molecule has 0 radical (unpaired) electrons. The summed E-state index contributed by atoms with van der Waals surface area (Å²) in [4.78, 5) is 2.17. The quantitative estimate of drug-likeness (QED) is 0.402. The molecule has 0 spiro atoms. The Morgan fingerprint density at radius 2 is 2.10 bits per heavy atom. The van der Waals surface area contributed by atoms with Crippen molar-refractivity contribution in [2.75, 3.05) is 6.54 Å². The fourth-order valence-corrected chi connectivity index (χ4v) is 1.57. The molecule has 2 heteroatoms. The third-order valence-corrected chi connectivity index (χ3v) is 2.57. The van der Waals surface area contributed by atoms with Crippen molar-refractivity contribution in [1.29, 1.82) is 5.41 Å². The van der Waals surface area contributed by atoms with Crippen molar-refractivity contribution in [3.8, 4) is 0 Å². The zero-order valence-corrected chi connectivity index (χ0v) is 7.02. The molecule has 1 saturated heterocycles. The summed E-state index contributed by atoms with van der Waals surface area (Å²) in [5.41, 5.74) is 0. The summed E-state index contributed by atoms with van der Waals surface area (Å²) < 4.78 is 0. The van der Waals surface area contributed by atoms with E-state index in [2.05, 4.69) is 18.7 Å². The molecule has 0 aromatic rings. The predicted molar refractivity (Wildman–Crippen MR) is 43.3 cm³/mol. The van der Waals surface area contributed by atoms with Crippen LogP contribution in [-0.4, -0.2) is 23.3 Å². The van der Waals surface area contributed by atoms with Crippen LogP contribution in [0.3, 0.4) is 0 Å². The van der Waals surface area contributed by atoms with Gasteiger partial charge in [-0.25, -0.2) is 0 Å². The van der Waals surface area contributed by atoms with Gasteiger partial charge in [-0.15, -0.1) is 0 Å². The number of nitrogens with one attached hydrogen (secondary N) is 1. The van der Waals surface area contributed by atoms with Gasteiger partial charge in [0.15, 0.2) is 0 Å². The zero-order valence-electron chi connectivity index (χ0n) is 7.02. The Balaban J connectivity index is 2.57. The van der Waals surface area contributed by atoms with Crippen LogP contribution in [0, 0.1) is 11.3 Å². The van der Waals surface area contributed by atoms with E-state index in [0.717, 1.165) is 18.3 Å². The van der Waals surface area contributed by atoms with Crippen LogP contribution in [0.4, 0.5) is 0 Å². The second kappa shape index (κ2) is 2.60. The van der Waals surface area contributed by atoms with Gasteiger partial charge in [0.2, 0.25) is 0 Å². The van der Waals surface area contributed by atoms with E-state index in [1.165, 1.54) is 6.42 Å². The molecule has 58 valence electrons. The van der Waals surface area contributed by atoms with Gasteiger partial charge >= 0.3 is 0 Å². The molecular weight excluding hydrogens is 124 g/mol. The van der Waals surface area contributed by atoms with Crippen molar-refractivity contribution in [1.82, 2.24) is 4.90 Å². The second-order valence-corrected chi connectivity index (χ2v) is 3.29. The van der Waals surface area contributed by atoms with E-state index in [9.17, 15) is 0 Å². The Morgan fingerprint density at radius 3 is 2.30 bits per heavy atom. The van der Waals surface area contributed by atoms with Crippen molar-refractivity contribution in [2.24, 2.45) is 5.92 Å². The van der Waals surface area contributed by atoms with Gasteiger partial charge in [-0.1, -0.05) is 6.92 Å². The number of hydrogen-bond donors (Lipinski definition) is 1. The molecular formula is C8H16N2. The fraction of sp³-hybridized carbons (Fsp3) is 0.875. The zero-order chi connectivity index (χ0) is 7.72. The van der Waals surface area contributed by atoms with E-state index in [4.69, 9.17) is 5.41 Å². The largest absolute Gasteiger partial charge is 0.358 e. The molecule has 0 aliphatic carbocycles. The summed E-state index contributed by atoms with van der Waals surface area (Å²) >= 11 is 0. The fourth-order valence-electron chi connectivity index (χ4n) is 1.57. The van der Waals surface area contributed by atoms with Crippen LogP contribution in [-0.2, 0) is 0 Å². The van der Waals surface area contributed by atoms with Crippen LogP contribution in [0.5, 0.6) is 0 Å². The van der Waals surface area contributed by atoms with Gasteiger partial charge in [0.25, 0.3) is 0 Å². The molecule has 0 saturated carbocycles. The Kier molecular flexibility index (Phi) is 1.97. The van der Waals surface area contributed by atoms with Crippen LogP contribution >= 0.6 is 0 Å². The first-order chi connectivity index (χ1) is 4.63. The lowest BCUT2D eigenvalue weighted by molar-refractivity contribution is 0.367. The van der Waals surface area contributed by atoms with Gasteiger partial charge in [-0.2, -0.15) is 0 Å². The molecule has 10 heavy (non-hydrogen) atoms. The normalized spacial score (nSPS) is 32.9. The minimum absolute atomic E-state index is 0.581. The van der Waals surface area contributed by atoms with Crippen molar-refractivity contribution in [3.63, 3.8) is 0 Å². The monoisotopic (exact) mass is 140 g/mol. The number of hydrogen-bond acceptors (Lipinski definition) is 1. The van der Waals surface area contributed by atoms with Gasteiger partial charge in [0.05, 0.1) is 5.84 Å². The van der Waals surface area contributed by atoms with Crippen LogP contribution in [0.1, 0.15) is 27.2 Å². The maximum atomic E-state index is 7.44. The Hall–Kier alpha value is -0.530. The highest BCUT2D eigenvalue weighted by Crippen LogP contribution is 2.22. The van der Waals surface area contributed by atoms with Gasteiger partial charge < -0.3 is 4.90 Å². The molecule has 1 rings (SSSR count). The minimum atomic E-state index is 0.581. The summed E-state index contributed by atoms with van der Waals surface area (Å²) in [5.74, 6) is 1.48. The van der Waals surface area contributed by atoms with Crippen molar-refractivity contribution >= 4 is 5.84 Å². The highest BCUT2D eigenvalue weighted by Gasteiger charge is 2.26. The molecule has 0 aromatic heterocycles. The lowest BCUT2D eigenvalue weighted by atomic mass is 10.1. The maximum absolute atomic E-state index is 7.44. The topological polar surface area (TPSA) is 27.1 Å². The van der Waals surface area contributed by atoms with Crippen molar-refractivity contribution < 1.29 is 0 Å². The van der Waals surface area contributed by atoms with E-state index >= 15 is 0 Å². The Bertz CT molecular complexity index is 142. The minimum Gasteiger partial charge on any atom is -0.358 e. The van der Waals surface area contributed by atoms with Gasteiger partial charge in [-0.05, 0) is 26.2 Å². The number of rotatable bonds is 0. The van der Waals surface area contributed by atoms with Gasteiger partial charge in [0, 0.05) is 12.6 Å². The summed E-state index contributed by atoms with van der Waals surface area (Å²) in [5, 5.41) is 7.44. The number of nitrogens with zero attached hydrogens (tertiary/aromatic N) is 1. The molecule has 1 aliphatic heterocycles. The molecule has 0 aromatic carbocycles. The molecule has 1 N–H and O–H groups in total. The molecule has 2 atom stereocenters. The van der Waals surface area contributed by atoms with Crippen LogP contribution in [0.25, 0.3) is 0 Å².